The minimum Gasteiger partial charge on any atom is -0.352 e. The van der Waals surface area contributed by atoms with E-state index in [1.54, 1.807) is 0 Å². The Morgan fingerprint density at radius 3 is 2.78 bits per heavy atom. The summed E-state index contributed by atoms with van der Waals surface area (Å²) in [5.74, 6) is -0.241. The smallest absolute Gasteiger partial charge is 0.270 e. The summed E-state index contributed by atoms with van der Waals surface area (Å²) in [5, 5.41) is 13.3. The van der Waals surface area contributed by atoms with E-state index in [-0.39, 0.29) is 17.6 Å². The molecule has 3 N–H and O–H groups in total. The Morgan fingerprint density at radius 2 is 2.28 bits per heavy atom. The van der Waals surface area contributed by atoms with Gasteiger partial charge in [-0.1, -0.05) is 0 Å². The Morgan fingerprint density at radius 1 is 1.61 bits per heavy atom. The topological polar surface area (TPSA) is 98.3 Å². The lowest BCUT2D eigenvalue weighted by Gasteiger charge is -2.08. The average Bonchev–Trinajstić information content (AvgIpc) is 2.27. The molecule has 1 unspecified atom stereocenters. The molecule has 0 aliphatic carbocycles. The number of hydrogen-bond donors (Lipinski definition) is 2. The molecule has 1 rings (SSSR count). The third-order valence-corrected chi connectivity index (χ3v) is 3.19. The van der Waals surface area contributed by atoms with E-state index in [2.05, 4.69) is 5.32 Å². The summed E-state index contributed by atoms with van der Waals surface area (Å²) in [6.07, 6.45) is 0.690. The van der Waals surface area contributed by atoms with Crippen molar-refractivity contribution in [2.45, 2.75) is 19.4 Å². The average molecular weight is 363 g/mol. The first-order valence-corrected chi connectivity index (χ1v) is 6.47. The summed E-state index contributed by atoms with van der Waals surface area (Å²) in [6, 6.07) is 4.19. The molecule has 1 aromatic carbocycles. The lowest BCUT2D eigenvalue weighted by molar-refractivity contribution is -0.384. The Kier molecular flexibility index (Phi) is 5.48. The number of carbonyl (C=O) groups excluding carboxylic acids is 1. The van der Waals surface area contributed by atoms with Gasteiger partial charge in [0.2, 0.25) is 0 Å². The molecule has 98 valence electrons. The van der Waals surface area contributed by atoms with Crippen molar-refractivity contribution in [3.63, 3.8) is 0 Å². The molecular weight excluding hydrogens is 349 g/mol. The van der Waals surface area contributed by atoms with Gasteiger partial charge in [-0.05, 0) is 42.0 Å². The standard InChI is InChI=1S/C11H14IN3O3/c1-7(13)4-5-14-11(16)9-3-2-8(15(17)18)6-10(9)12/h2-3,6-7H,4-5,13H2,1H3,(H,14,16). The van der Waals surface area contributed by atoms with E-state index in [9.17, 15) is 14.9 Å². The van der Waals surface area contributed by atoms with Crippen LogP contribution in [0.25, 0.3) is 0 Å². The molecule has 18 heavy (non-hydrogen) atoms. The summed E-state index contributed by atoms with van der Waals surface area (Å²) in [4.78, 5) is 21.9. The third-order valence-electron chi connectivity index (χ3n) is 2.29. The van der Waals surface area contributed by atoms with E-state index in [1.807, 2.05) is 29.5 Å². The van der Waals surface area contributed by atoms with Crippen LogP contribution in [0.2, 0.25) is 0 Å². The summed E-state index contributed by atoms with van der Waals surface area (Å²) in [7, 11) is 0. The molecule has 0 fully saturated rings. The molecule has 0 aliphatic heterocycles. The van der Waals surface area contributed by atoms with Gasteiger partial charge in [0.15, 0.2) is 0 Å². The maximum Gasteiger partial charge on any atom is 0.270 e. The molecule has 0 heterocycles. The fraction of sp³-hybridized carbons (Fsp3) is 0.364. The van der Waals surface area contributed by atoms with Crippen LogP contribution in [-0.4, -0.2) is 23.4 Å². The van der Waals surface area contributed by atoms with Crippen LogP contribution in [0.15, 0.2) is 18.2 Å². The van der Waals surface area contributed by atoms with Crippen LogP contribution in [0.5, 0.6) is 0 Å². The maximum absolute atomic E-state index is 11.8. The highest BCUT2D eigenvalue weighted by Gasteiger charge is 2.14. The number of carbonyl (C=O) groups is 1. The van der Waals surface area contributed by atoms with Gasteiger partial charge < -0.3 is 11.1 Å². The van der Waals surface area contributed by atoms with Crippen LogP contribution < -0.4 is 11.1 Å². The molecule has 0 spiro atoms. The number of nitro benzene ring substituents is 1. The number of nitrogens with two attached hydrogens (primary N) is 1. The summed E-state index contributed by atoms with van der Waals surface area (Å²) in [6.45, 7) is 2.35. The van der Waals surface area contributed by atoms with Crippen molar-refractivity contribution in [2.24, 2.45) is 5.73 Å². The Balaban J connectivity index is 2.72. The third kappa shape index (κ3) is 4.22. The van der Waals surface area contributed by atoms with Gasteiger partial charge in [-0.3, -0.25) is 14.9 Å². The first-order valence-electron chi connectivity index (χ1n) is 5.39. The fourth-order valence-electron chi connectivity index (χ4n) is 1.31. The molecular formula is C11H14IN3O3. The molecule has 0 radical (unpaired) electrons. The van der Waals surface area contributed by atoms with Gasteiger partial charge in [0.25, 0.3) is 11.6 Å². The molecule has 0 saturated carbocycles. The van der Waals surface area contributed by atoms with Gasteiger partial charge in [0.05, 0.1) is 10.5 Å². The maximum atomic E-state index is 11.8. The number of rotatable bonds is 5. The number of nitrogens with zero attached hydrogens (tertiary/aromatic N) is 1. The molecule has 6 nitrogen and oxygen atoms in total. The lowest BCUT2D eigenvalue weighted by atomic mass is 10.2. The van der Waals surface area contributed by atoms with E-state index in [0.717, 1.165) is 0 Å². The largest absolute Gasteiger partial charge is 0.352 e. The van der Waals surface area contributed by atoms with Crippen molar-refractivity contribution in [3.8, 4) is 0 Å². The van der Waals surface area contributed by atoms with E-state index in [0.29, 0.717) is 22.1 Å². The number of nitrogens with one attached hydrogen (secondary N) is 1. The highest BCUT2D eigenvalue weighted by molar-refractivity contribution is 14.1. The predicted octanol–water partition coefficient (Wildman–Crippen LogP) is 1.67. The zero-order chi connectivity index (χ0) is 13.7. The first kappa shape index (κ1) is 14.8. The van der Waals surface area contributed by atoms with E-state index in [4.69, 9.17) is 5.73 Å². The first-order chi connectivity index (χ1) is 8.41. The molecule has 7 heteroatoms. The monoisotopic (exact) mass is 363 g/mol. The van der Waals surface area contributed by atoms with Crippen LogP contribution in [-0.2, 0) is 0 Å². The molecule has 1 atom stereocenters. The van der Waals surface area contributed by atoms with Gasteiger partial charge in [0, 0.05) is 28.3 Å². The normalized spacial score (nSPS) is 11.9. The number of hydrogen-bond acceptors (Lipinski definition) is 4. The predicted molar refractivity (Wildman–Crippen MR) is 76.4 cm³/mol. The van der Waals surface area contributed by atoms with Crippen molar-refractivity contribution in [2.75, 3.05) is 6.54 Å². The van der Waals surface area contributed by atoms with E-state index < -0.39 is 4.92 Å². The number of amides is 1. The number of benzene rings is 1. The second-order valence-corrected chi connectivity index (χ2v) is 5.11. The van der Waals surface area contributed by atoms with Crippen LogP contribution in [0, 0.1) is 13.7 Å². The Bertz CT molecular complexity index is 463. The molecule has 1 amide bonds. The zero-order valence-corrected chi connectivity index (χ0v) is 12.0. The van der Waals surface area contributed by atoms with Gasteiger partial charge in [-0.2, -0.15) is 0 Å². The summed E-state index contributed by atoms with van der Waals surface area (Å²) in [5.41, 5.74) is 5.99. The summed E-state index contributed by atoms with van der Waals surface area (Å²) < 4.78 is 0.556. The van der Waals surface area contributed by atoms with Gasteiger partial charge >= 0.3 is 0 Å². The molecule has 0 bridgehead atoms. The Labute approximate surface area is 118 Å². The Hall–Kier alpha value is -1.22. The molecule has 0 saturated heterocycles. The minimum atomic E-state index is -0.486. The highest BCUT2D eigenvalue weighted by Crippen LogP contribution is 2.19. The van der Waals surface area contributed by atoms with E-state index >= 15 is 0 Å². The number of nitro groups is 1. The SMILES string of the molecule is CC(N)CCNC(=O)c1ccc([N+](=O)[O-])cc1I. The number of halogens is 1. The van der Waals surface area contributed by atoms with Crippen molar-refractivity contribution >= 4 is 34.2 Å². The quantitative estimate of drug-likeness (QED) is 0.472. The van der Waals surface area contributed by atoms with Gasteiger partial charge in [-0.15, -0.1) is 0 Å². The molecule has 1 aromatic rings. The lowest BCUT2D eigenvalue weighted by Crippen LogP contribution is -2.29. The van der Waals surface area contributed by atoms with Crippen LogP contribution in [0.1, 0.15) is 23.7 Å². The zero-order valence-electron chi connectivity index (χ0n) is 9.85. The number of non-ortho nitro benzene ring substituents is 1. The fourth-order valence-corrected chi connectivity index (χ4v) is 2.05. The van der Waals surface area contributed by atoms with Crippen molar-refractivity contribution < 1.29 is 9.72 Å². The van der Waals surface area contributed by atoms with Crippen molar-refractivity contribution in [1.82, 2.24) is 5.32 Å². The van der Waals surface area contributed by atoms with Crippen molar-refractivity contribution in [1.29, 1.82) is 0 Å². The molecule has 0 aliphatic rings. The second kappa shape index (κ2) is 6.64. The van der Waals surface area contributed by atoms with Crippen LogP contribution in [0.3, 0.4) is 0 Å². The highest BCUT2D eigenvalue weighted by atomic mass is 127. The molecule has 0 aromatic heterocycles. The van der Waals surface area contributed by atoms with Gasteiger partial charge in [-0.25, -0.2) is 0 Å². The summed E-state index contributed by atoms with van der Waals surface area (Å²) >= 11 is 1.91. The van der Waals surface area contributed by atoms with Crippen LogP contribution in [0.4, 0.5) is 5.69 Å². The van der Waals surface area contributed by atoms with Crippen molar-refractivity contribution in [3.05, 3.63) is 37.4 Å². The second-order valence-electron chi connectivity index (χ2n) is 3.94. The van der Waals surface area contributed by atoms with Gasteiger partial charge in [0.1, 0.15) is 0 Å². The minimum absolute atomic E-state index is 0.0217. The van der Waals surface area contributed by atoms with Crippen LogP contribution >= 0.6 is 22.6 Å². The van der Waals surface area contributed by atoms with E-state index in [1.165, 1.54) is 18.2 Å².